The lowest BCUT2D eigenvalue weighted by Gasteiger charge is -2.31. The van der Waals surface area contributed by atoms with E-state index < -0.39 is 23.6 Å². The summed E-state index contributed by atoms with van der Waals surface area (Å²) < 4.78 is 43.1. The van der Waals surface area contributed by atoms with Crippen LogP contribution in [0.1, 0.15) is 44.1 Å². The van der Waals surface area contributed by atoms with Gasteiger partial charge in [0.15, 0.2) is 5.82 Å². The summed E-state index contributed by atoms with van der Waals surface area (Å²) in [6.07, 6.45) is 6.47. The van der Waals surface area contributed by atoms with Gasteiger partial charge >= 0.3 is 12.1 Å². The Morgan fingerprint density at radius 1 is 1.16 bits per heavy atom. The number of amides is 1. The molecule has 1 aromatic carbocycles. The molecule has 3 atom stereocenters. The summed E-state index contributed by atoms with van der Waals surface area (Å²) in [6, 6.07) is 1.62. The fraction of sp³-hybridized carbons (Fsp3) is 0.516. The highest BCUT2D eigenvalue weighted by Gasteiger charge is 2.49. The van der Waals surface area contributed by atoms with Gasteiger partial charge in [0, 0.05) is 48.2 Å². The Morgan fingerprint density at radius 3 is 2.98 bits per heavy atom. The van der Waals surface area contributed by atoms with E-state index in [0.29, 0.717) is 84.4 Å². The van der Waals surface area contributed by atoms with Crippen LogP contribution in [-0.4, -0.2) is 93.3 Å². The predicted molar refractivity (Wildman–Crippen MR) is 164 cm³/mol. The third kappa shape index (κ3) is 5.00. The van der Waals surface area contributed by atoms with Crippen molar-refractivity contribution in [3.8, 4) is 17.3 Å². The molecule has 3 aromatic heterocycles. The number of alkyl carbamates (subject to hydrolysis) is 1. The van der Waals surface area contributed by atoms with Gasteiger partial charge in [0.05, 0.1) is 35.3 Å². The van der Waals surface area contributed by atoms with Crippen LogP contribution in [0.2, 0.25) is 5.02 Å². The van der Waals surface area contributed by atoms with Crippen LogP contribution in [0.4, 0.5) is 19.4 Å². The number of anilines is 1. The number of benzene rings is 1. The van der Waals surface area contributed by atoms with E-state index in [1.54, 1.807) is 18.5 Å². The zero-order chi connectivity index (χ0) is 30.7. The number of alkyl halides is 1. The van der Waals surface area contributed by atoms with E-state index in [0.717, 1.165) is 24.9 Å². The molecule has 4 aromatic rings. The Labute approximate surface area is 262 Å². The molecule has 6 bridgehead atoms. The minimum atomic E-state index is -0.906. The molecule has 14 heteroatoms. The van der Waals surface area contributed by atoms with Crippen molar-refractivity contribution in [3.05, 3.63) is 34.9 Å². The molecule has 9 rings (SSSR count). The molecule has 1 amide bonds. The molecule has 45 heavy (non-hydrogen) atoms. The third-order valence-electron chi connectivity index (χ3n) is 9.77. The number of fused-ring (bicyclic) bond motifs is 9. The molecule has 8 heterocycles. The molecule has 11 nitrogen and oxygen atoms in total. The number of ether oxygens (including phenoxy) is 2. The number of nitrogens with one attached hydrogen (secondary N) is 2. The Balaban J connectivity index is 1.27. The lowest BCUT2D eigenvalue weighted by atomic mass is 9.95. The van der Waals surface area contributed by atoms with Crippen LogP contribution in [0.15, 0.2) is 18.5 Å². The van der Waals surface area contributed by atoms with Crippen molar-refractivity contribution in [1.29, 1.82) is 0 Å². The zero-order valence-electron chi connectivity index (χ0n) is 24.6. The smallest absolute Gasteiger partial charge is 0.407 e. The lowest BCUT2D eigenvalue weighted by Crippen LogP contribution is -2.43. The normalized spacial score (nSPS) is 25.5. The number of aromatic amines is 1. The van der Waals surface area contributed by atoms with Crippen LogP contribution in [-0.2, 0) is 11.2 Å². The highest BCUT2D eigenvalue weighted by atomic mass is 35.5. The van der Waals surface area contributed by atoms with E-state index in [1.807, 2.05) is 4.90 Å². The maximum atomic E-state index is 16.9. The first-order valence-electron chi connectivity index (χ1n) is 15.6. The molecule has 3 saturated heterocycles. The first kappa shape index (κ1) is 28.6. The summed E-state index contributed by atoms with van der Waals surface area (Å²) in [4.78, 5) is 30.7. The predicted octanol–water partition coefficient (Wildman–Crippen LogP) is 4.96. The minimum absolute atomic E-state index is 0.0191. The molecule has 0 spiro atoms. The van der Waals surface area contributed by atoms with Crippen LogP contribution in [0.5, 0.6) is 6.01 Å². The van der Waals surface area contributed by atoms with Gasteiger partial charge in [-0.1, -0.05) is 11.6 Å². The van der Waals surface area contributed by atoms with Crippen LogP contribution < -0.4 is 15.0 Å². The number of hydrogen-bond donors (Lipinski definition) is 2. The SMILES string of the molecule is O=C1N[C@@H]2CCN(C2)c2nc(OC[C@@]34CCCN3C[C@H](F)C4)nc3c(F)c(ncc23)-c2c(c(Cl)cc3[nH]ncc23)CCCCO1. The number of rotatable bonds is 3. The largest absolute Gasteiger partial charge is 0.461 e. The zero-order valence-corrected chi connectivity index (χ0v) is 25.4. The second kappa shape index (κ2) is 11.2. The number of carbonyl (C=O) groups excluding carboxylic acids is 1. The van der Waals surface area contributed by atoms with Gasteiger partial charge in [0.2, 0.25) is 0 Å². The highest BCUT2D eigenvalue weighted by Crippen LogP contribution is 2.42. The topological polar surface area (TPSA) is 121 Å². The number of hydrogen-bond acceptors (Lipinski definition) is 9. The average molecular weight is 639 g/mol. The number of halogens is 3. The second-order valence-corrected chi connectivity index (χ2v) is 13.0. The van der Waals surface area contributed by atoms with Gasteiger partial charge < -0.3 is 19.7 Å². The van der Waals surface area contributed by atoms with Crippen LogP contribution in [0.25, 0.3) is 33.1 Å². The van der Waals surface area contributed by atoms with Gasteiger partial charge in [0.25, 0.3) is 0 Å². The molecule has 236 valence electrons. The molecule has 5 aliphatic rings. The Kier molecular flexibility index (Phi) is 7.12. The first-order chi connectivity index (χ1) is 21.9. The molecular weight excluding hydrogens is 606 g/mol. The molecular formula is C31H33ClF2N8O3. The maximum absolute atomic E-state index is 16.9. The average Bonchev–Trinajstić information content (AvgIpc) is 3.80. The molecule has 5 aliphatic heterocycles. The second-order valence-electron chi connectivity index (χ2n) is 12.6. The number of nitrogens with zero attached hydrogens (tertiary/aromatic N) is 6. The summed E-state index contributed by atoms with van der Waals surface area (Å²) in [5.41, 5.74) is 1.68. The van der Waals surface area contributed by atoms with Crippen molar-refractivity contribution in [1.82, 2.24) is 35.4 Å². The van der Waals surface area contributed by atoms with E-state index in [1.165, 1.54) is 0 Å². The number of aromatic nitrogens is 5. The van der Waals surface area contributed by atoms with E-state index >= 15 is 4.39 Å². The summed E-state index contributed by atoms with van der Waals surface area (Å²) in [6.45, 7) is 2.69. The monoisotopic (exact) mass is 638 g/mol. The van der Waals surface area contributed by atoms with Gasteiger partial charge in [-0.3, -0.25) is 15.0 Å². The van der Waals surface area contributed by atoms with E-state index in [9.17, 15) is 9.18 Å². The summed E-state index contributed by atoms with van der Waals surface area (Å²) in [7, 11) is 0. The van der Waals surface area contributed by atoms with Crippen LogP contribution in [0, 0.1) is 5.82 Å². The van der Waals surface area contributed by atoms with Gasteiger partial charge in [-0.15, -0.1) is 0 Å². The van der Waals surface area contributed by atoms with E-state index in [-0.39, 0.29) is 36.5 Å². The maximum Gasteiger partial charge on any atom is 0.407 e. The fourth-order valence-electron chi connectivity index (χ4n) is 7.61. The van der Waals surface area contributed by atoms with E-state index in [4.69, 9.17) is 26.1 Å². The van der Waals surface area contributed by atoms with Gasteiger partial charge in [-0.05, 0) is 56.7 Å². The van der Waals surface area contributed by atoms with Crippen molar-refractivity contribution >= 4 is 45.3 Å². The van der Waals surface area contributed by atoms with Gasteiger partial charge in [-0.25, -0.2) is 13.6 Å². The van der Waals surface area contributed by atoms with Crippen molar-refractivity contribution < 1.29 is 23.0 Å². The van der Waals surface area contributed by atoms with Crippen molar-refractivity contribution in [3.63, 3.8) is 0 Å². The molecule has 3 fully saturated rings. The Bertz CT molecular complexity index is 1810. The van der Waals surface area contributed by atoms with Crippen LogP contribution >= 0.6 is 11.6 Å². The van der Waals surface area contributed by atoms with Crippen molar-refractivity contribution in [2.24, 2.45) is 0 Å². The summed E-state index contributed by atoms with van der Waals surface area (Å²) >= 11 is 6.78. The Morgan fingerprint density at radius 2 is 2.07 bits per heavy atom. The van der Waals surface area contributed by atoms with Crippen LogP contribution in [0.3, 0.4) is 0 Å². The summed E-state index contributed by atoms with van der Waals surface area (Å²) in [5.74, 6) is -0.153. The number of carbonyl (C=O) groups is 1. The molecule has 0 aliphatic carbocycles. The van der Waals surface area contributed by atoms with Gasteiger partial charge in [-0.2, -0.15) is 15.1 Å². The van der Waals surface area contributed by atoms with Crippen molar-refractivity contribution in [2.45, 2.75) is 62.7 Å². The van der Waals surface area contributed by atoms with Crippen molar-refractivity contribution in [2.75, 3.05) is 44.3 Å². The molecule has 0 unspecified atom stereocenters. The summed E-state index contributed by atoms with van der Waals surface area (Å²) in [5, 5.41) is 11.6. The highest BCUT2D eigenvalue weighted by molar-refractivity contribution is 6.33. The lowest BCUT2D eigenvalue weighted by molar-refractivity contribution is 0.107. The molecule has 0 radical (unpaired) electrons. The first-order valence-corrected chi connectivity index (χ1v) is 16.0. The Hall–Kier alpha value is -3.84. The van der Waals surface area contributed by atoms with Gasteiger partial charge in [0.1, 0.15) is 29.8 Å². The molecule has 2 N–H and O–H groups in total. The molecule has 0 saturated carbocycles. The minimum Gasteiger partial charge on any atom is -0.461 e. The number of pyridine rings is 1. The van der Waals surface area contributed by atoms with E-state index in [2.05, 4.69) is 30.4 Å². The standard InChI is InChI=1S/C31H33ClF2N8O3/c32-22-10-23-20(13-36-40-23)24-19(22)4-1-2-9-44-30(43)37-18-5-8-41(15-18)28-21-12-35-27(24)25(34)26(21)38-29(39-28)45-16-31-6-3-7-42(31)14-17(33)11-31/h10,12-13,17-18H,1-9,11,14-16H2,(H,36,40)(H,37,43)/t17-,18-,31+/m1/s1. The number of H-pyrrole nitrogens is 1. The fourth-order valence-corrected chi connectivity index (χ4v) is 7.91. The third-order valence-corrected chi connectivity index (χ3v) is 10.1. The quantitative estimate of drug-likeness (QED) is 0.321.